The lowest BCUT2D eigenvalue weighted by atomic mass is 10.1. The molecule has 4 aromatic rings. The molecule has 0 saturated heterocycles. The molecular formula is C20H16ClN5O3S. The average molecular weight is 442 g/mol. The molecule has 0 spiro atoms. The second-order valence-electron chi connectivity index (χ2n) is 6.27. The summed E-state index contributed by atoms with van der Waals surface area (Å²) >= 11 is 7.07. The summed E-state index contributed by atoms with van der Waals surface area (Å²) in [7, 11) is 1.54. The van der Waals surface area contributed by atoms with Gasteiger partial charge in [-0.2, -0.15) is 0 Å². The first kappa shape index (κ1) is 19.9. The zero-order valence-corrected chi connectivity index (χ0v) is 17.3. The number of aromatic amines is 1. The van der Waals surface area contributed by atoms with E-state index in [0.29, 0.717) is 26.2 Å². The highest BCUT2D eigenvalue weighted by molar-refractivity contribution is 7.17. The van der Waals surface area contributed by atoms with Crippen LogP contribution in [0.2, 0.25) is 4.34 Å². The number of hydrogen-bond acceptors (Lipinski definition) is 6. The highest BCUT2D eigenvalue weighted by Gasteiger charge is 2.11. The average Bonchev–Trinajstić information content (AvgIpc) is 3.42. The van der Waals surface area contributed by atoms with Crippen molar-refractivity contribution in [1.29, 1.82) is 0 Å². The number of nitrogens with zero attached hydrogens (tertiary/aromatic N) is 3. The van der Waals surface area contributed by atoms with E-state index in [4.69, 9.17) is 16.3 Å². The third-order valence-electron chi connectivity index (χ3n) is 4.32. The predicted molar refractivity (Wildman–Crippen MR) is 114 cm³/mol. The molecule has 0 aliphatic rings. The molecule has 152 valence electrons. The summed E-state index contributed by atoms with van der Waals surface area (Å²) in [6, 6.07) is 12.4. The minimum absolute atomic E-state index is 0.200. The van der Waals surface area contributed by atoms with Crippen LogP contribution in [0.4, 0.5) is 0 Å². The highest BCUT2D eigenvalue weighted by Crippen LogP contribution is 2.22. The van der Waals surface area contributed by atoms with Crippen molar-refractivity contribution in [3.63, 3.8) is 0 Å². The number of nitrogens with one attached hydrogen (secondary N) is 2. The summed E-state index contributed by atoms with van der Waals surface area (Å²) < 4.78 is 7.33. The number of ether oxygens (including phenoxy) is 1. The van der Waals surface area contributed by atoms with E-state index >= 15 is 0 Å². The Morgan fingerprint density at radius 1 is 1.27 bits per heavy atom. The Balaban J connectivity index is 1.46. The van der Waals surface area contributed by atoms with Crippen molar-refractivity contribution in [2.24, 2.45) is 0 Å². The quantitative estimate of drug-likeness (QED) is 0.478. The largest absolute Gasteiger partial charge is 0.495 e. The first-order chi connectivity index (χ1) is 14.5. The second kappa shape index (κ2) is 8.52. The maximum Gasteiger partial charge on any atom is 0.261 e. The molecule has 3 heterocycles. The summed E-state index contributed by atoms with van der Waals surface area (Å²) in [5.74, 6) is 0.357. The van der Waals surface area contributed by atoms with Crippen LogP contribution >= 0.6 is 22.9 Å². The van der Waals surface area contributed by atoms with Crippen molar-refractivity contribution in [2.45, 2.75) is 6.54 Å². The third kappa shape index (κ3) is 4.27. The summed E-state index contributed by atoms with van der Waals surface area (Å²) in [4.78, 5) is 27.4. The van der Waals surface area contributed by atoms with Gasteiger partial charge < -0.3 is 15.0 Å². The molecule has 10 heteroatoms. The predicted octanol–water partition coefficient (Wildman–Crippen LogP) is 3.28. The minimum Gasteiger partial charge on any atom is -0.495 e. The number of halogens is 1. The van der Waals surface area contributed by atoms with Crippen LogP contribution < -0.4 is 15.6 Å². The Bertz CT molecular complexity index is 1250. The molecule has 1 amide bonds. The smallest absolute Gasteiger partial charge is 0.261 e. The van der Waals surface area contributed by atoms with Gasteiger partial charge in [0.2, 0.25) is 0 Å². The molecule has 3 aromatic heterocycles. The molecule has 0 radical (unpaired) electrons. The van der Waals surface area contributed by atoms with Crippen LogP contribution in [-0.2, 0) is 6.54 Å². The fourth-order valence-electron chi connectivity index (χ4n) is 2.79. The van der Waals surface area contributed by atoms with E-state index in [-0.39, 0.29) is 18.0 Å². The Morgan fingerprint density at radius 2 is 2.07 bits per heavy atom. The van der Waals surface area contributed by atoms with Crippen molar-refractivity contribution in [1.82, 2.24) is 25.3 Å². The lowest BCUT2D eigenvalue weighted by molar-refractivity contribution is 0.0954. The molecule has 0 aliphatic heterocycles. The molecule has 0 aliphatic carbocycles. The fourth-order valence-corrected chi connectivity index (χ4v) is 3.75. The van der Waals surface area contributed by atoms with E-state index in [9.17, 15) is 9.59 Å². The number of pyridine rings is 1. The molecule has 0 saturated carbocycles. The highest BCUT2D eigenvalue weighted by atomic mass is 35.5. The second-order valence-corrected chi connectivity index (χ2v) is 7.99. The van der Waals surface area contributed by atoms with E-state index in [1.165, 1.54) is 17.5 Å². The molecule has 4 rings (SSSR count). The Kier molecular flexibility index (Phi) is 5.64. The fraction of sp³-hybridized carbons (Fsp3) is 0.100. The number of H-pyrrole nitrogens is 1. The number of rotatable bonds is 6. The number of aromatic nitrogens is 4. The first-order valence-corrected chi connectivity index (χ1v) is 10.1. The van der Waals surface area contributed by atoms with Crippen LogP contribution in [0.1, 0.15) is 15.4 Å². The van der Waals surface area contributed by atoms with Crippen LogP contribution in [0.5, 0.6) is 5.75 Å². The molecule has 0 bridgehead atoms. The van der Waals surface area contributed by atoms with Crippen molar-refractivity contribution < 1.29 is 9.53 Å². The summed E-state index contributed by atoms with van der Waals surface area (Å²) in [6.45, 7) is 0.242. The third-order valence-corrected chi connectivity index (χ3v) is 5.55. The van der Waals surface area contributed by atoms with Gasteiger partial charge in [0.1, 0.15) is 11.4 Å². The minimum atomic E-state index is -0.214. The Labute approximate surface area is 180 Å². The van der Waals surface area contributed by atoms with Gasteiger partial charge in [-0.15, -0.1) is 16.4 Å². The first-order valence-electron chi connectivity index (χ1n) is 8.86. The van der Waals surface area contributed by atoms with Crippen LogP contribution in [0.25, 0.3) is 16.8 Å². The molecular weight excluding hydrogens is 426 g/mol. The van der Waals surface area contributed by atoms with Gasteiger partial charge in [-0.3, -0.25) is 9.59 Å². The normalized spacial score (nSPS) is 10.7. The van der Waals surface area contributed by atoms with Gasteiger partial charge in [-0.1, -0.05) is 28.9 Å². The van der Waals surface area contributed by atoms with Gasteiger partial charge in [0.05, 0.1) is 40.3 Å². The van der Waals surface area contributed by atoms with E-state index in [1.807, 2.05) is 24.3 Å². The van der Waals surface area contributed by atoms with Crippen LogP contribution in [0.3, 0.4) is 0 Å². The number of methoxy groups -OCH3 is 1. The summed E-state index contributed by atoms with van der Waals surface area (Å²) in [5, 5.41) is 11.0. The Morgan fingerprint density at radius 3 is 2.77 bits per heavy atom. The van der Waals surface area contributed by atoms with Crippen LogP contribution in [0.15, 0.2) is 59.7 Å². The van der Waals surface area contributed by atoms with Gasteiger partial charge >= 0.3 is 0 Å². The van der Waals surface area contributed by atoms with Crippen molar-refractivity contribution in [3.8, 4) is 22.6 Å². The number of benzene rings is 1. The molecule has 1 aromatic carbocycles. The Hall–Kier alpha value is -3.43. The molecule has 0 unspecified atom stereocenters. The number of carbonyl (C=O) groups excluding carboxylic acids is 1. The van der Waals surface area contributed by atoms with Crippen LogP contribution in [0, 0.1) is 0 Å². The molecule has 0 atom stereocenters. The van der Waals surface area contributed by atoms with Gasteiger partial charge in [0, 0.05) is 6.20 Å². The monoisotopic (exact) mass is 441 g/mol. The SMILES string of the molecule is COc1c[nH]c(=O)c(-c2ccc(-n3cc(CNC(=O)c4ccc(Cl)s4)nn3)cc2)c1. The zero-order chi connectivity index (χ0) is 21.1. The lowest BCUT2D eigenvalue weighted by Crippen LogP contribution is -2.21. The number of carbonyl (C=O) groups is 1. The van der Waals surface area contributed by atoms with Gasteiger partial charge in [-0.05, 0) is 35.9 Å². The lowest BCUT2D eigenvalue weighted by Gasteiger charge is -2.05. The molecule has 30 heavy (non-hydrogen) atoms. The van der Waals surface area contributed by atoms with Gasteiger partial charge in [0.25, 0.3) is 11.5 Å². The van der Waals surface area contributed by atoms with Crippen LogP contribution in [-0.4, -0.2) is 33.0 Å². The molecule has 2 N–H and O–H groups in total. The maximum atomic E-state index is 12.1. The van der Waals surface area contributed by atoms with Gasteiger partial charge in [-0.25, -0.2) is 4.68 Å². The molecule has 0 fully saturated rings. The number of amides is 1. The van der Waals surface area contributed by atoms with Crippen molar-refractivity contribution >= 4 is 28.8 Å². The molecule has 8 nitrogen and oxygen atoms in total. The van der Waals surface area contributed by atoms with E-state index in [2.05, 4.69) is 20.6 Å². The van der Waals surface area contributed by atoms with Crippen molar-refractivity contribution in [2.75, 3.05) is 7.11 Å². The standard InChI is InChI=1S/C20H16ClN5O3S/c1-29-15-8-16(19(27)23-10-15)12-2-4-14(5-3-12)26-11-13(24-25-26)9-22-20(28)17-6-7-18(21)30-17/h2-8,10-11H,9H2,1H3,(H,22,28)(H,23,27). The number of thiophene rings is 1. The van der Waals surface area contributed by atoms with E-state index < -0.39 is 0 Å². The van der Waals surface area contributed by atoms with Gasteiger partial charge in [0.15, 0.2) is 0 Å². The summed E-state index contributed by atoms with van der Waals surface area (Å²) in [6.07, 6.45) is 3.25. The zero-order valence-electron chi connectivity index (χ0n) is 15.8. The topological polar surface area (TPSA) is 102 Å². The van der Waals surface area contributed by atoms with E-state index in [0.717, 1.165) is 11.3 Å². The number of hydrogen-bond donors (Lipinski definition) is 2. The maximum absolute atomic E-state index is 12.1. The van der Waals surface area contributed by atoms with E-state index in [1.54, 1.807) is 36.2 Å². The van der Waals surface area contributed by atoms with Crippen molar-refractivity contribution in [3.05, 3.63) is 80.1 Å². The summed E-state index contributed by atoms with van der Waals surface area (Å²) in [5.41, 5.74) is 2.44.